The normalized spacial score (nSPS) is 11.6. The number of fused-ring (bicyclic) bond motifs is 1. The zero-order valence-electron chi connectivity index (χ0n) is 15.0. The molecular formula is C19H21N3O3. The van der Waals surface area contributed by atoms with E-state index in [-0.39, 0.29) is 11.3 Å². The topological polar surface area (TPSA) is 77.2 Å². The summed E-state index contributed by atoms with van der Waals surface area (Å²) in [5.41, 5.74) is 1.52. The van der Waals surface area contributed by atoms with Crippen LogP contribution in [-0.4, -0.2) is 23.0 Å². The number of ether oxygens (including phenoxy) is 1. The molecule has 0 bridgehead atoms. The summed E-state index contributed by atoms with van der Waals surface area (Å²) in [6.07, 6.45) is 3.23. The van der Waals surface area contributed by atoms with Crippen LogP contribution in [0.25, 0.3) is 11.0 Å². The predicted octanol–water partition coefficient (Wildman–Crippen LogP) is 4.09. The molecule has 0 atom stereocenters. The highest BCUT2D eigenvalue weighted by atomic mass is 16.5. The number of hydrogen-bond donors (Lipinski definition) is 1. The van der Waals surface area contributed by atoms with Crippen molar-refractivity contribution < 1.29 is 13.9 Å². The number of hydrogen-bond acceptors (Lipinski definition) is 5. The van der Waals surface area contributed by atoms with E-state index in [0.717, 1.165) is 5.82 Å². The third-order valence-corrected chi connectivity index (χ3v) is 3.88. The van der Waals surface area contributed by atoms with Gasteiger partial charge < -0.3 is 14.5 Å². The van der Waals surface area contributed by atoms with Gasteiger partial charge in [-0.2, -0.15) is 0 Å². The number of carbonyl (C=O) groups is 1. The maximum Gasteiger partial charge on any atom is 0.259 e. The van der Waals surface area contributed by atoms with Gasteiger partial charge >= 0.3 is 0 Å². The van der Waals surface area contributed by atoms with Crippen LogP contribution in [0.3, 0.4) is 0 Å². The first kappa shape index (κ1) is 17.0. The number of aryl methyl sites for hydroxylation is 1. The number of rotatable bonds is 3. The van der Waals surface area contributed by atoms with Crippen LogP contribution in [0.4, 0.5) is 5.69 Å². The molecule has 2 aromatic heterocycles. The first-order chi connectivity index (χ1) is 11.8. The van der Waals surface area contributed by atoms with E-state index >= 15 is 0 Å². The monoisotopic (exact) mass is 339 g/mol. The molecule has 130 valence electrons. The summed E-state index contributed by atoms with van der Waals surface area (Å²) in [5.74, 6) is 1.67. The molecule has 0 fully saturated rings. The van der Waals surface area contributed by atoms with E-state index in [9.17, 15) is 4.79 Å². The van der Waals surface area contributed by atoms with E-state index in [0.29, 0.717) is 33.7 Å². The molecule has 0 spiro atoms. The van der Waals surface area contributed by atoms with Crippen LogP contribution < -0.4 is 10.1 Å². The zero-order chi connectivity index (χ0) is 18.2. The van der Waals surface area contributed by atoms with Gasteiger partial charge in [0.15, 0.2) is 0 Å². The highest BCUT2D eigenvalue weighted by Gasteiger charge is 2.20. The summed E-state index contributed by atoms with van der Waals surface area (Å²) >= 11 is 0. The van der Waals surface area contributed by atoms with E-state index < -0.39 is 0 Å². The van der Waals surface area contributed by atoms with Gasteiger partial charge in [0.25, 0.3) is 5.91 Å². The highest BCUT2D eigenvalue weighted by molar-refractivity contribution is 6.13. The first-order valence-corrected chi connectivity index (χ1v) is 8.00. The molecule has 2 heterocycles. The molecule has 25 heavy (non-hydrogen) atoms. The summed E-state index contributed by atoms with van der Waals surface area (Å²) < 4.78 is 10.9. The minimum absolute atomic E-state index is 0.142. The second kappa shape index (κ2) is 6.20. The average molecular weight is 339 g/mol. The molecule has 1 aromatic carbocycles. The highest BCUT2D eigenvalue weighted by Crippen LogP contribution is 2.29. The van der Waals surface area contributed by atoms with Crippen molar-refractivity contribution in [3.05, 3.63) is 47.7 Å². The molecule has 1 N–H and O–H groups in total. The zero-order valence-corrected chi connectivity index (χ0v) is 15.0. The Labute approximate surface area is 146 Å². The van der Waals surface area contributed by atoms with Crippen molar-refractivity contribution in [1.29, 1.82) is 0 Å². The summed E-state index contributed by atoms with van der Waals surface area (Å²) in [6.45, 7) is 7.87. The maximum absolute atomic E-state index is 12.7. The van der Waals surface area contributed by atoms with Gasteiger partial charge in [0.2, 0.25) is 0 Å². The Morgan fingerprint density at radius 3 is 2.48 bits per heavy atom. The Bertz CT molecular complexity index is 921. The van der Waals surface area contributed by atoms with Crippen molar-refractivity contribution in [1.82, 2.24) is 9.97 Å². The number of anilines is 1. The van der Waals surface area contributed by atoms with Crippen molar-refractivity contribution in [3.63, 3.8) is 0 Å². The molecule has 0 aliphatic rings. The standard InChI is InChI=1S/C19H21N3O3/c1-11-16(14-8-13(24-5)6-7-15(14)25-11)17(23)22-12-9-20-18(21-10-12)19(2,3)4/h6-10H,1-5H3,(H,22,23). The van der Waals surface area contributed by atoms with E-state index in [1.165, 1.54) is 0 Å². The first-order valence-electron chi connectivity index (χ1n) is 8.00. The fourth-order valence-electron chi connectivity index (χ4n) is 2.58. The van der Waals surface area contributed by atoms with E-state index in [4.69, 9.17) is 9.15 Å². The van der Waals surface area contributed by atoms with Crippen LogP contribution in [0, 0.1) is 6.92 Å². The third-order valence-electron chi connectivity index (χ3n) is 3.88. The maximum atomic E-state index is 12.7. The summed E-state index contributed by atoms with van der Waals surface area (Å²) in [6, 6.07) is 5.38. The molecule has 0 radical (unpaired) electrons. The Balaban J connectivity index is 1.91. The van der Waals surface area contributed by atoms with Crippen molar-refractivity contribution in [3.8, 4) is 5.75 Å². The number of benzene rings is 1. The van der Waals surface area contributed by atoms with E-state index in [2.05, 4.69) is 15.3 Å². The SMILES string of the molecule is COc1ccc2oc(C)c(C(=O)Nc3cnc(C(C)(C)C)nc3)c2c1. The Morgan fingerprint density at radius 2 is 1.88 bits per heavy atom. The second-order valence-corrected chi connectivity index (χ2v) is 6.89. The molecule has 0 aliphatic carbocycles. The minimum atomic E-state index is -0.267. The molecule has 3 aromatic rings. The number of methoxy groups -OCH3 is 1. The van der Waals surface area contributed by atoms with Crippen LogP contribution in [0.1, 0.15) is 42.7 Å². The van der Waals surface area contributed by atoms with Crippen LogP contribution >= 0.6 is 0 Å². The molecule has 0 saturated heterocycles. The van der Waals surface area contributed by atoms with Gasteiger partial charge in [-0.05, 0) is 25.1 Å². The van der Waals surface area contributed by atoms with Crippen LogP contribution in [0.5, 0.6) is 5.75 Å². The Morgan fingerprint density at radius 1 is 1.20 bits per heavy atom. The van der Waals surface area contributed by atoms with Gasteiger partial charge in [-0.1, -0.05) is 20.8 Å². The van der Waals surface area contributed by atoms with Crippen molar-refractivity contribution >= 4 is 22.6 Å². The fourth-order valence-corrected chi connectivity index (χ4v) is 2.58. The number of carbonyl (C=O) groups excluding carboxylic acids is 1. The Hall–Kier alpha value is -2.89. The van der Waals surface area contributed by atoms with E-state index in [1.807, 2.05) is 20.8 Å². The van der Waals surface area contributed by atoms with Crippen molar-refractivity contribution in [2.24, 2.45) is 0 Å². The third kappa shape index (κ3) is 3.33. The van der Waals surface area contributed by atoms with Gasteiger partial charge in [-0.3, -0.25) is 4.79 Å². The van der Waals surface area contributed by atoms with Crippen LogP contribution in [0.15, 0.2) is 35.0 Å². The second-order valence-electron chi connectivity index (χ2n) is 6.89. The fraction of sp³-hybridized carbons (Fsp3) is 0.316. The van der Waals surface area contributed by atoms with Crippen LogP contribution in [0.2, 0.25) is 0 Å². The molecule has 3 rings (SSSR count). The molecule has 1 amide bonds. The molecule has 0 aliphatic heterocycles. The molecule has 6 nitrogen and oxygen atoms in total. The quantitative estimate of drug-likeness (QED) is 0.777. The number of nitrogens with zero attached hydrogens (tertiary/aromatic N) is 2. The number of furan rings is 1. The van der Waals surface area contributed by atoms with Crippen molar-refractivity contribution in [2.75, 3.05) is 12.4 Å². The lowest BCUT2D eigenvalue weighted by Crippen LogP contribution is -2.17. The van der Waals surface area contributed by atoms with Crippen LogP contribution in [-0.2, 0) is 5.41 Å². The summed E-state index contributed by atoms with van der Waals surface area (Å²) in [7, 11) is 1.59. The summed E-state index contributed by atoms with van der Waals surface area (Å²) in [4.78, 5) is 21.4. The smallest absolute Gasteiger partial charge is 0.259 e. The molecule has 6 heteroatoms. The molecular weight excluding hydrogens is 318 g/mol. The Kier molecular flexibility index (Phi) is 4.20. The molecule has 0 saturated carbocycles. The van der Waals surface area contributed by atoms with Gasteiger partial charge in [0.05, 0.1) is 30.8 Å². The lowest BCUT2D eigenvalue weighted by Gasteiger charge is -2.16. The molecule has 0 unspecified atom stereocenters. The van der Waals surface area contributed by atoms with Crippen molar-refractivity contribution in [2.45, 2.75) is 33.1 Å². The number of nitrogens with one attached hydrogen (secondary N) is 1. The lowest BCUT2D eigenvalue weighted by atomic mass is 9.96. The largest absolute Gasteiger partial charge is 0.497 e. The number of amides is 1. The number of aromatic nitrogens is 2. The lowest BCUT2D eigenvalue weighted by molar-refractivity contribution is 0.102. The van der Waals surface area contributed by atoms with Gasteiger partial charge in [0, 0.05) is 10.8 Å². The van der Waals surface area contributed by atoms with E-state index in [1.54, 1.807) is 44.6 Å². The minimum Gasteiger partial charge on any atom is -0.497 e. The van der Waals surface area contributed by atoms with Gasteiger partial charge in [-0.15, -0.1) is 0 Å². The van der Waals surface area contributed by atoms with Gasteiger partial charge in [0.1, 0.15) is 22.9 Å². The average Bonchev–Trinajstić information content (AvgIpc) is 2.89. The summed E-state index contributed by atoms with van der Waals surface area (Å²) in [5, 5.41) is 3.54. The predicted molar refractivity (Wildman–Crippen MR) is 96.2 cm³/mol. The van der Waals surface area contributed by atoms with Gasteiger partial charge in [-0.25, -0.2) is 9.97 Å².